The van der Waals surface area contributed by atoms with E-state index in [0.717, 1.165) is 25.9 Å². The van der Waals surface area contributed by atoms with Crippen molar-refractivity contribution in [1.82, 2.24) is 4.90 Å². The van der Waals surface area contributed by atoms with Gasteiger partial charge in [-0.3, -0.25) is 4.79 Å². The van der Waals surface area contributed by atoms with Crippen molar-refractivity contribution in [2.24, 2.45) is 0 Å². The zero-order valence-electron chi connectivity index (χ0n) is 14.4. The van der Waals surface area contributed by atoms with Crippen molar-refractivity contribution < 1.29 is 28.6 Å². The quantitative estimate of drug-likeness (QED) is 0.819. The van der Waals surface area contributed by atoms with Gasteiger partial charge in [0.15, 0.2) is 0 Å². The number of furan rings is 1. The molecule has 1 aliphatic rings. The number of carbonyl (C=O) groups is 2. The number of amides is 1. The molecule has 1 aromatic rings. The van der Waals surface area contributed by atoms with E-state index in [-0.39, 0.29) is 24.1 Å². The van der Waals surface area contributed by atoms with Crippen LogP contribution in [0.4, 0.5) is 0 Å². The van der Waals surface area contributed by atoms with Crippen LogP contribution in [0.25, 0.3) is 0 Å². The number of carbonyl (C=O) groups excluding carboxylic acids is 1. The number of rotatable bonds is 7. The Morgan fingerprint density at radius 1 is 1.46 bits per heavy atom. The summed E-state index contributed by atoms with van der Waals surface area (Å²) in [7, 11) is 1.64. The van der Waals surface area contributed by atoms with Crippen molar-refractivity contribution in [3.63, 3.8) is 0 Å². The molecule has 1 aliphatic heterocycles. The van der Waals surface area contributed by atoms with Crippen molar-refractivity contribution >= 4 is 11.9 Å². The summed E-state index contributed by atoms with van der Waals surface area (Å²) >= 11 is 0. The van der Waals surface area contributed by atoms with Crippen LogP contribution in [0.15, 0.2) is 10.5 Å². The largest absolute Gasteiger partial charge is 0.478 e. The molecule has 0 aliphatic carbocycles. The summed E-state index contributed by atoms with van der Waals surface area (Å²) in [6.07, 6.45) is 2.63. The lowest BCUT2D eigenvalue weighted by Gasteiger charge is -2.25. The van der Waals surface area contributed by atoms with Gasteiger partial charge in [0.1, 0.15) is 23.2 Å². The van der Waals surface area contributed by atoms with Gasteiger partial charge in [-0.1, -0.05) is 0 Å². The van der Waals surface area contributed by atoms with Gasteiger partial charge >= 0.3 is 5.97 Å². The zero-order chi connectivity index (χ0) is 17.7. The van der Waals surface area contributed by atoms with Gasteiger partial charge in [-0.2, -0.15) is 0 Å². The van der Waals surface area contributed by atoms with Gasteiger partial charge in [0.05, 0.1) is 19.3 Å². The smallest absolute Gasteiger partial charge is 0.339 e. The molecule has 7 nitrogen and oxygen atoms in total. The van der Waals surface area contributed by atoms with Crippen molar-refractivity contribution in [2.45, 2.75) is 51.9 Å². The lowest BCUT2D eigenvalue weighted by Crippen LogP contribution is -2.37. The van der Waals surface area contributed by atoms with E-state index in [2.05, 4.69) is 0 Å². The fourth-order valence-electron chi connectivity index (χ4n) is 2.72. The average Bonchev–Trinajstić information content (AvgIpc) is 2.93. The Kier molecular flexibility index (Phi) is 6.39. The molecule has 0 saturated carbocycles. The van der Waals surface area contributed by atoms with Crippen molar-refractivity contribution in [1.29, 1.82) is 0 Å². The van der Waals surface area contributed by atoms with Crippen LogP contribution in [0, 0.1) is 6.92 Å². The molecule has 1 N–H and O–H groups in total. The summed E-state index contributed by atoms with van der Waals surface area (Å²) in [5.74, 6) is -0.460. The van der Waals surface area contributed by atoms with Gasteiger partial charge in [0.2, 0.25) is 0 Å². The predicted molar refractivity (Wildman–Crippen MR) is 85.9 cm³/mol. The van der Waals surface area contributed by atoms with Crippen LogP contribution in [0.2, 0.25) is 0 Å². The Balaban J connectivity index is 1.84. The third-order valence-corrected chi connectivity index (χ3v) is 4.12. The molecule has 24 heavy (non-hydrogen) atoms. The Hall–Kier alpha value is -1.86. The van der Waals surface area contributed by atoms with E-state index in [0.29, 0.717) is 18.1 Å². The lowest BCUT2D eigenvalue weighted by atomic mass is 10.1. The highest BCUT2D eigenvalue weighted by Crippen LogP contribution is 2.17. The third-order valence-electron chi connectivity index (χ3n) is 4.12. The average molecular weight is 339 g/mol. The minimum atomic E-state index is -1.04. The Labute approximate surface area is 141 Å². The minimum absolute atomic E-state index is 0.0603. The maximum Gasteiger partial charge on any atom is 0.339 e. The molecule has 0 unspecified atom stereocenters. The van der Waals surface area contributed by atoms with Crippen LogP contribution in [-0.2, 0) is 20.8 Å². The fourth-order valence-corrected chi connectivity index (χ4v) is 2.72. The third kappa shape index (κ3) is 4.82. The molecule has 2 rings (SSSR count). The lowest BCUT2D eigenvalue weighted by molar-refractivity contribution is -0.145. The number of carboxylic acid groups (broad SMARTS) is 1. The summed E-state index contributed by atoms with van der Waals surface area (Å²) in [5, 5.41) is 9.03. The van der Waals surface area contributed by atoms with E-state index < -0.39 is 12.1 Å². The van der Waals surface area contributed by atoms with Crippen molar-refractivity contribution in [2.75, 3.05) is 20.3 Å². The first-order valence-electron chi connectivity index (χ1n) is 8.19. The molecular weight excluding hydrogens is 314 g/mol. The SMILES string of the molecule is Cc1oc(CN(C)C(=O)[C@@H](C)OC[C@H]2CCCCO2)cc1C(=O)O. The normalized spacial score (nSPS) is 19.0. The highest BCUT2D eigenvalue weighted by Gasteiger charge is 2.23. The van der Waals surface area contributed by atoms with Gasteiger partial charge in [-0.05, 0) is 39.2 Å². The summed E-state index contributed by atoms with van der Waals surface area (Å²) in [5.41, 5.74) is 0.115. The minimum Gasteiger partial charge on any atom is -0.478 e. The fraction of sp³-hybridized carbons (Fsp3) is 0.647. The van der Waals surface area contributed by atoms with E-state index in [1.807, 2.05) is 0 Å². The molecule has 2 heterocycles. The van der Waals surface area contributed by atoms with E-state index in [1.54, 1.807) is 20.9 Å². The Bertz CT molecular complexity index is 576. The van der Waals surface area contributed by atoms with Gasteiger partial charge in [0, 0.05) is 13.7 Å². The van der Waals surface area contributed by atoms with Crippen LogP contribution in [0.5, 0.6) is 0 Å². The number of ether oxygens (including phenoxy) is 2. The highest BCUT2D eigenvalue weighted by atomic mass is 16.5. The number of hydrogen-bond acceptors (Lipinski definition) is 5. The zero-order valence-corrected chi connectivity index (χ0v) is 14.4. The molecular formula is C17H25NO6. The maximum atomic E-state index is 12.3. The van der Waals surface area contributed by atoms with E-state index in [9.17, 15) is 9.59 Å². The van der Waals surface area contributed by atoms with Crippen LogP contribution in [0.1, 0.15) is 48.1 Å². The number of aromatic carboxylic acids is 1. The first-order chi connectivity index (χ1) is 11.4. The standard InChI is InChI=1S/C17H25NO6/c1-11-15(17(20)21)8-14(24-11)9-18(3)16(19)12(2)23-10-13-6-4-5-7-22-13/h8,12-13H,4-7,9-10H2,1-3H3,(H,20,21)/t12-,13-/m1/s1. The number of hydrogen-bond donors (Lipinski definition) is 1. The molecule has 2 atom stereocenters. The molecule has 0 spiro atoms. The number of carboxylic acids is 1. The second kappa shape index (κ2) is 8.30. The van der Waals surface area contributed by atoms with Gasteiger partial charge in [-0.15, -0.1) is 0 Å². The summed E-state index contributed by atoms with van der Waals surface area (Å²) in [6, 6.07) is 1.45. The van der Waals surface area contributed by atoms with E-state index in [4.69, 9.17) is 19.0 Å². The van der Waals surface area contributed by atoms with E-state index >= 15 is 0 Å². The summed E-state index contributed by atoms with van der Waals surface area (Å²) in [6.45, 7) is 4.65. The summed E-state index contributed by atoms with van der Waals surface area (Å²) in [4.78, 5) is 24.8. The Morgan fingerprint density at radius 2 is 2.21 bits per heavy atom. The topological polar surface area (TPSA) is 89.2 Å². The molecule has 7 heteroatoms. The molecule has 1 saturated heterocycles. The first kappa shape index (κ1) is 18.5. The number of likely N-dealkylation sites (N-methyl/N-ethyl adjacent to an activating group) is 1. The molecule has 0 aromatic carbocycles. The number of nitrogens with zero attached hydrogens (tertiary/aromatic N) is 1. The van der Waals surface area contributed by atoms with Gasteiger partial charge in [0.25, 0.3) is 5.91 Å². The highest BCUT2D eigenvalue weighted by molar-refractivity contribution is 5.88. The van der Waals surface area contributed by atoms with Crippen LogP contribution < -0.4 is 0 Å². The summed E-state index contributed by atoms with van der Waals surface area (Å²) < 4.78 is 16.6. The van der Waals surface area contributed by atoms with Crippen LogP contribution in [0.3, 0.4) is 0 Å². The second-order valence-corrected chi connectivity index (χ2v) is 6.15. The predicted octanol–water partition coefficient (Wildman–Crippen LogP) is 2.22. The first-order valence-corrected chi connectivity index (χ1v) is 8.19. The molecule has 1 fully saturated rings. The molecule has 0 radical (unpaired) electrons. The van der Waals surface area contributed by atoms with Gasteiger partial charge in [-0.25, -0.2) is 4.79 Å². The second-order valence-electron chi connectivity index (χ2n) is 6.15. The van der Waals surface area contributed by atoms with Crippen LogP contribution >= 0.6 is 0 Å². The van der Waals surface area contributed by atoms with Crippen molar-refractivity contribution in [3.8, 4) is 0 Å². The maximum absolute atomic E-state index is 12.3. The van der Waals surface area contributed by atoms with E-state index in [1.165, 1.54) is 11.0 Å². The molecule has 1 aromatic heterocycles. The Morgan fingerprint density at radius 3 is 2.79 bits per heavy atom. The monoisotopic (exact) mass is 339 g/mol. The molecule has 134 valence electrons. The van der Waals surface area contributed by atoms with Crippen molar-refractivity contribution in [3.05, 3.63) is 23.2 Å². The molecule has 0 bridgehead atoms. The number of aryl methyl sites for hydroxylation is 1. The van der Waals surface area contributed by atoms with Crippen LogP contribution in [-0.4, -0.2) is 54.4 Å². The van der Waals surface area contributed by atoms with Gasteiger partial charge < -0.3 is 23.9 Å². The molecule has 1 amide bonds.